The highest BCUT2D eigenvalue weighted by Crippen LogP contribution is 2.32. The van der Waals surface area contributed by atoms with Crippen molar-refractivity contribution in [3.05, 3.63) is 70.3 Å². The van der Waals surface area contributed by atoms with Crippen LogP contribution in [0.3, 0.4) is 0 Å². The third kappa shape index (κ3) is 5.92. The number of benzene rings is 2. The number of nitrogens with zero attached hydrogens (tertiary/aromatic N) is 3. The van der Waals surface area contributed by atoms with Gasteiger partial charge in [-0.3, -0.25) is 4.79 Å². The van der Waals surface area contributed by atoms with Crippen LogP contribution in [0.15, 0.2) is 53.3 Å². The molecule has 0 fully saturated rings. The molecule has 2 aromatic carbocycles. The highest BCUT2D eigenvalue weighted by Gasteiger charge is 2.25. The van der Waals surface area contributed by atoms with Crippen LogP contribution >= 0.6 is 0 Å². The Morgan fingerprint density at radius 3 is 2.43 bits per heavy atom. The molecule has 0 unspecified atom stereocenters. The molecule has 182 valence electrons. The van der Waals surface area contributed by atoms with Gasteiger partial charge in [0.2, 0.25) is 5.82 Å². The first-order chi connectivity index (χ1) is 16.7. The first-order valence-electron chi connectivity index (χ1n) is 10.8. The van der Waals surface area contributed by atoms with Gasteiger partial charge < -0.3 is 9.72 Å². The molecule has 0 aliphatic carbocycles. The molecule has 0 amide bonds. The summed E-state index contributed by atoms with van der Waals surface area (Å²) in [5.41, 5.74) is 2.25. The van der Waals surface area contributed by atoms with Crippen LogP contribution in [0.1, 0.15) is 24.8 Å². The van der Waals surface area contributed by atoms with E-state index in [9.17, 15) is 22.4 Å². The van der Waals surface area contributed by atoms with Crippen LogP contribution in [0.2, 0.25) is 0 Å². The molecule has 0 saturated heterocycles. The van der Waals surface area contributed by atoms with Gasteiger partial charge in [-0.1, -0.05) is 29.8 Å². The summed E-state index contributed by atoms with van der Waals surface area (Å²) >= 11 is 0. The monoisotopic (exact) mass is 487 g/mol. The molecule has 0 aliphatic rings. The van der Waals surface area contributed by atoms with Gasteiger partial charge in [-0.15, -0.1) is 10.2 Å². The molecule has 4 aromatic rings. The second-order valence-electron chi connectivity index (χ2n) is 7.96. The van der Waals surface area contributed by atoms with Gasteiger partial charge in [-0.05, 0) is 48.7 Å². The van der Waals surface area contributed by atoms with Gasteiger partial charge in [-0.2, -0.15) is 18.4 Å². The Morgan fingerprint density at radius 2 is 1.77 bits per heavy atom. The van der Waals surface area contributed by atoms with Crippen LogP contribution in [0, 0.1) is 12.7 Å². The number of aromatic nitrogens is 5. The molecular formula is C24H21F4N5O2. The van der Waals surface area contributed by atoms with Crippen LogP contribution < -0.4 is 10.3 Å². The minimum Gasteiger partial charge on any atom is -0.493 e. The maximum Gasteiger partial charge on any atom is 0.389 e. The van der Waals surface area contributed by atoms with E-state index in [0.29, 0.717) is 11.1 Å². The SMILES string of the molecule is Cc1ccc(-c2cc(-c3ccc(OCCCCC(F)(F)F)cc3F)[nH]c(=O)c2-c2nn[nH]n2)cc1. The number of H-pyrrole nitrogens is 2. The van der Waals surface area contributed by atoms with Crippen molar-refractivity contribution in [1.29, 1.82) is 0 Å². The van der Waals surface area contributed by atoms with Crippen molar-refractivity contribution in [2.75, 3.05) is 6.61 Å². The third-order valence-corrected chi connectivity index (χ3v) is 5.32. The molecule has 11 heteroatoms. The van der Waals surface area contributed by atoms with Crippen LogP contribution in [0.5, 0.6) is 5.75 Å². The number of unbranched alkanes of at least 4 members (excludes halogenated alkanes) is 1. The summed E-state index contributed by atoms with van der Waals surface area (Å²) in [6.07, 6.45) is -4.98. The fraction of sp³-hybridized carbons (Fsp3) is 0.250. The van der Waals surface area contributed by atoms with Crippen LogP contribution in [-0.2, 0) is 0 Å². The average Bonchev–Trinajstić information content (AvgIpc) is 3.32. The van der Waals surface area contributed by atoms with Crippen molar-refractivity contribution in [2.24, 2.45) is 0 Å². The molecule has 7 nitrogen and oxygen atoms in total. The predicted octanol–water partition coefficient (Wildman–Crippen LogP) is 5.45. The maximum atomic E-state index is 15.0. The van der Waals surface area contributed by atoms with Gasteiger partial charge in [0.15, 0.2) is 0 Å². The summed E-state index contributed by atoms with van der Waals surface area (Å²) in [5, 5.41) is 13.7. The molecule has 2 aromatic heterocycles. The van der Waals surface area contributed by atoms with Crippen molar-refractivity contribution in [3.8, 4) is 39.5 Å². The Labute approximate surface area is 197 Å². The summed E-state index contributed by atoms with van der Waals surface area (Å²) in [7, 11) is 0. The number of pyridine rings is 1. The number of halogens is 4. The summed E-state index contributed by atoms with van der Waals surface area (Å²) in [6, 6.07) is 13.2. The van der Waals surface area contributed by atoms with Crippen LogP contribution in [0.25, 0.3) is 33.8 Å². The minimum absolute atomic E-state index is 0.0304. The molecule has 4 rings (SSSR count). The molecule has 0 saturated carbocycles. The maximum absolute atomic E-state index is 15.0. The zero-order valence-electron chi connectivity index (χ0n) is 18.6. The summed E-state index contributed by atoms with van der Waals surface area (Å²) in [6.45, 7) is 1.96. The number of alkyl halides is 3. The van der Waals surface area contributed by atoms with Crippen LogP contribution in [-0.4, -0.2) is 38.4 Å². The second kappa shape index (κ2) is 10.1. The Bertz CT molecular complexity index is 1350. The van der Waals surface area contributed by atoms with Crippen molar-refractivity contribution in [3.63, 3.8) is 0 Å². The van der Waals surface area contributed by atoms with Crippen LogP contribution in [0.4, 0.5) is 17.6 Å². The van der Waals surface area contributed by atoms with Crippen molar-refractivity contribution in [2.45, 2.75) is 32.4 Å². The van der Waals surface area contributed by atoms with Gasteiger partial charge in [0, 0.05) is 23.6 Å². The van der Waals surface area contributed by atoms with E-state index in [1.165, 1.54) is 12.1 Å². The van der Waals surface area contributed by atoms with E-state index < -0.39 is 24.0 Å². The number of aryl methyl sites for hydroxylation is 1. The highest BCUT2D eigenvalue weighted by atomic mass is 19.4. The number of hydrogen-bond acceptors (Lipinski definition) is 5. The molecule has 0 atom stereocenters. The first kappa shape index (κ1) is 24.1. The van der Waals surface area contributed by atoms with Gasteiger partial charge in [-0.25, -0.2) is 4.39 Å². The van der Waals surface area contributed by atoms with Crippen molar-refractivity contribution >= 4 is 0 Å². The molecule has 0 radical (unpaired) electrons. The zero-order valence-corrected chi connectivity index (χ0v) is 18.6. The van der Waals surface area contributed by atoms with E-state index in [0.717, 1.165) is 11.6 Å². The molecule has 35 heavy (non-hydrogen) atoms. The second-order valence-corrected chi connectivity index (χ2v) is 7.96. The molecule has 0 spiro atoms. The van der Waals surface area contributed by atoms with E-state index in [2.05, 4.69) is 25.6 Å². The largest absolute Gasteiger partial charge is 0.493 e. The van der Waals surface area contributed by atoms with Crippen molar-refractivity contribution in [1.82, 2.24) is 25.6 Å². The van der Waals surface area contributed by atoms with E-state index in [1.807, 2.05) is 31.2 Å². The summed E-state index contributed by atoms with van der Waals surface area (Å²) in [5.74, 6) is -0.374. The van der Waals surface area contributed by atoms with E-state index >= 15 is 0 Å². The molecule has 0 bridgehead atoms. The Kier molecular flexibility index (Phi) is 6.94. The van der Waals surface area contributed by atoms with E-state index in [-0.39, 0.29) is 47.8 Å². The van der Waals surface area contributed by atoms with Gasteiger partial charge in [0.05, 0.1) is 17.9 Å². The molecule has 2 heterocycles. The quantitative estimate of drug-likeness (QED) is 0.255. The van der Waals surface area contributed by atoms with E-state index in [1.54, 1.807) is 6.07 Å². The highest BCUT2D eigenvalue weighted by molar-refractivity contribution is 5.83. The number of tetrazole rings is 1. The van der Waals surface area contributed by atoms with Crippen molar-refractivity contribution < 1.29 is 22.3 Å². The average molecular weight is 487 g/mol. The van der Waals surface area contributed by atoms with Gasteiger partial charge >= 0.3 is 6.18 Å². The lowest BCUT2D eigenvalue weighted by Gasteiger charge is -2.12. The lowest BCUT2D eigenvalue weighted by Crippen LogP contribution is -2.13. The third-order valence-electron chi connectivity index (χ3n) is 5.32. The topological polar surface area (TPSA) is 96.5 Å². The van der Waals surface area contributed by atoms with Gasteiger partial charge in [0.25, 0.3) is 5.56 Å². The molecular weight excluding hydrogens is 466 g/mol. The predicted molar refractivity (Wildman–Crippen MR) is 121 cm³/mol. The normalized spacial score (nSPS) is 11.6. The fourth-order valence-electron chi connectivity index (χ4n) is 3.58. The summed E-state index contributed by atoms with van der Waals surface area (Å²) in [4.78, 5) is 15.7. The fourth-order valence-corrected chi connectivity index (χ4v) is 3.58. The lowest BCUT2D eigenvalue weighted by molar-refractivity contribution is -0.135. The van der Waals surface area contributed by atoms with Gasteiger partial charge in [0.1, 0.15) is 11.6 Å². The minimum atomic E-state index is -4.21. The smallest absolute Gasteiger partial charge is 0.389 e. The Hall–Kier alpha value is -4.02. The molecule has 2 N–H and O–H groups in total. The Morgan fingerprint density at radius 1 is 1.00 bits per heavy atom. The standard InChI is InChI=1S/C24H21F4N5O2/c1-14-4-6-15(7-5-14)18-13-20(29-23(34)21(18)22-30-32-33-31-22)17-9-8-16(12-19(17)25)35-11-3-2-10-24(26,27)28/h4-9,12-13H,2-3,10-11H2,1H3,(H,29,34)(H,30,31,32,33). The number of aromatic amines is 2. The number of ether oxygens (including phenoxy) is 1. The van der Waals surface area contributed by atoms with E-state index in [4.69, 9.17) is 4.74 Å². The summed E-state index contributed by atoms with van der Waals surface area (Å²) < 4.78 is 57.0. The first-order valence-corrected chi connectivity index (χ1v) is 10.8. The molecule has 0 aliphatic heterocycles. The zero-order chi connectivity index (χ0) is 25.0. The Balaban J connectivity index is 1.62. The lowest BCUT2D eigenvalue weighted by atomic mass is 9.97. The number of rotatable bonds is 8. The number of hydrogen-bond donors (Lipinski definition) is 2. The number of nitrogens with one attached hydrogen (secondary N) is 2.